The second-order valence-corrected chi connectivity index (χ2v) is 3.73. The van der Waals surface area contributed by atoms with Gasteiger partial charge in [0.1, 0.15) is 11.5 Å². The van der Waals surface area contributed by atoms with Crippen LogP contribution in [-0.2, 0) is 0 Å². The molecule has 1 aliphatic heterocycles. The molecule has 16 heavy (non-hydrogen) atoms. The lowest BCUT2D eigenvalue weighted by molar-refractivity contribution is 0.260. The number of hydrogen-bond acceptors (Lipinski definition) is 3. The summed E-state index contributed by atoms with van der Waals surface area (Å²) >= 11 is 0. The molecule has 0 aromatic heterocycles. The fraction of sp³-hybridized carbons (Fsp3) is 0.0769. The second-order valence-electron chi connectivity index (χ2n) is 3.73. The average Bonchev–Trinajstić information content (AvgIpc) is 2.73. The molecule has 0 fully saturated rings. The van der Waals surface area contributed by atoms with Crippen LogP contribution in [-0.4, -0.2) is 5.11 Å². The predicted molar refractivity (Wildman–Crippen MR) is 61.5 cm³/mol. The lowest BCUT2D eigenvalue weighted by Gasteiger charge is -2.10. The highest BCUT2D eigenvalue weighted by Crippen LogP contribution is 2.39. The monoisotopic (exact) mass is 213 g/mol. The van der Waals surface area contributed by atoms with Gasteiger partial charge < -0.3 is 15.2 Å². The van der Waals surface area contributed by atoms with Gasteiger partial charge in [-0.25, -0.2) is 0 Å². The van der Waals surface area contributed by atoms with Crippen molar-refractivity contribution < 1.29 is 9.84 Å². The van der Waals surface area contributed by atoms with Crippen molar-refractivity contribution in [1.82, 2.24) is 0 Å². The van der Waals surface area contributed by atoms with Gasteiger partial charge in [-0.3, -0.25) is 0 Å². The van der Waals surface area contributed by atoms with E-state index in [0.29, 0.717) is 0 Å². The van der Waals surface area contributed by atoms with Gasteiger partial charge in [-0.1, -0.05) is 30.3 Å². The molecule has 0 saturated carbocycles. The topological polar surface area (TPSA) is 41.5 Å². The molecule has 3 nitrogen and oxygen atoms in total. The minimum Gasteiger partial charge on any atom is -0.508 e. The van der Waals surface area contributed by atoms with Crippen molar-refractivity contribution in [2.45, 2.75) is 6.23 Å². The minimum absolute atomic E-state index is 0.169. The smallest absolute Gasteiger partial charge is 0.196 e. The highest BCUT2D eigenvalue weighted by atomic mass is 16.5. The van der Waals surface area contributed by atoms with Crippen LogP contribution in [0.15, 0.2) is 48.5 Å². The summed E-state index contributed by atoms with van der Waals surface area (Å²) in [4.78, 5) is 0. The van der Waals surface area contributed by atoms with Crippen LogP contribution in [0.3, 0.4) is 0 Å². The van der Waals surface area contributed by atoms with Gasteiger partial charge in [-0.2, -0.15) is 0 Å². The summed E-state index contributed by atoms with van der Waals surface area (Å²) < 4.78 is 5.73. The van der Waals surface area contributed by atoms with Gasteiger partial charge >= 0.3 is 0 Å². The van der Waals surface area contributed by atoms with Gasteiger partial charge in [0.05, 0.1) is 5.69 Å². The Morgan fingerprint density at radius 1 is 1.06 bits per heavy atom. The predicted octanol–water partition coefficient (Wildman–Crippen LogP) is 2.90. The lowest BCUT2D eigenvalue weighted by Crippen LogP contribution is -2.09. The summed E-state index contributed by atoms with van der Waals surface area (Å²) in [5, 5.41) is 12.6. The number of aromatic hydroxyl groups is 1. The molecule has 0 aliphatic carbocycles. The zero-order chi connectivity index (χ0) is 11.0. The summed E-state index contributed by atoms with van der Waals surface area (Å²) in [7, 11) is 0. The van der Waals surface area contributed by atoms with E-state index in [1.807, 2.05) is 30.3 Å². The molecule has 2 N–H and O–H groups in total. The number of nitrogens with one attached hydrogen (secondary N) is 1. The fourth-order valence-electron chi connectivity index (χ4n) is 1.81. The standard InChI is InChI=1S/C13H11NO2/c15-10-6-7-12-11(8-10)14-13(16-12)9-4-2-1-3-5-9/h1-8,13-15H. The van der Waals surface area contributed by atoms with Gasteiger partial charge in [0.25, 0.3) is 0 Å². The maximum Gasteiger partial charge on any atom is 0.196 e. The van der Waals surface area contributed by atoms with E-state index in [4.69, 9.17) is 4.74 Å². The molecule has 2 aromatic carbocycles. The largest absolute Gasteiger partial charge is 0.508 e. The first-order valence-electron chi connectivity index (χ1n) is 5.14. The molecule has 3 rings (SSSR count). The normalized spacial score (nSPS) is 17.4. The Labute approximate surface area is 93.3 Å². The third-order valence-electron chi connectivity index (χ3n) is 2.60. The molecule has 0 radical (unpaired) electrons. The summed E-state index contributed by atoms with van der Waals surface area (Å²) in [6.45, 7) is 0. The molecule has 0 bridgehead atoms. The summed E-state index contributed by atoms with van der Waals surface area (Å²) in [5.41, 5.74) is 1.90. The Morgan fingerprint density at radius 3 is 2.69 bits per heavy atom. The van der Waals surface area contributed by atoms with E-state index in [0.717, 1.165) is 17.0 Å². The van der Waals surface area contributed by atoms with Crippen LogP contribution in [0.4, 0.5) is 5.69 Å². The van der Waals surface area contributed by atoms with Crippen LogP contribution in [0.25, 0.3) is 0 Å². The molecule has 1 aliphatic rings. The molecule has 0 amide bonds. The molecule has 3 heteroatoms. The van der Waals surface area contributed by atoms with Crippen LogP contribution >= 0.6 is 0 Å². The quantitative estimate of drug-likeness (QED) is 0.765. The van der Waals surface area contributed by atoms with E-state index in [1.54, 1.807) is 18.2 Å². The highest BCUT2D eigenvalue weighted by Gasteiger charge is 2.22. The molecule has 2 aromatic rings. The molecular weight excluding hydrogens is 202 g/mol. The SMILES string of the molecule is Oc1ccc2c(c1)NC(c1ccccc1)O2. The molecule has 80 valence electrons. The van der Waals surface area contributed by atoms with Gasteiger partial charge in [0, 0.05) is 11.6 Å². The van der Waals surface area contributed by atoms with Crippen molar-refractivity contribution >= 4 is 5.69 Å². The van der Waals surface area contributed by atoms with Crippen LogP contribution in [0, 0.1) is 0 Å². The number of ether oxygens (including phenoxy) is 1. The van der Waals surface area contributed by atoms with Crippen molar-refractivity contribution in [3.63, 3.8) is 0 Å². The molecule has 0 spiro atoms. The van der Waals surface area contributed by atoms with E-state index < -0.39 is 0 Å². The molecule has 0 saturated heterocycles. The first-order valence-corrected chi connectivity index (χ1v) is 5.14. The third-order valence-corrected chi connectivity index (χ3v) is 2.60. The van der Waals surface area contributed by atoms with Crippen LogP contribution < -0.4 is 10.1 Å². The van der Waals surface area contributed by atoms with E-state index in [9.17, 15) is 5.11 Å². The molecule has 1 atom stereocenters. The van der Waals surface area contributed by atoms with Crippen molar-refractivity contribution in [3.05, 3.63) is 54.1 Å². The number of rotatable bonds is 1. The Morgan fingerprint density at radius 2 is 1.88 bits per heavy atom. The van der Waals surface area contributed by atoms with Gasteiger partial charge in [-0.05, 0) is 12.1 Å². The molecule has 1 unspecified atom stereocenters. The highest BCUT2D eigenvalue weighted by molar-refractivity contribution is 5.63. The van der Waals surface area contributed by atoms with Crippen LogP contribution in [0.2, 0.25) is 0 Å². The van der Waals surface area contributed by atoms with E-state index in [-0.39, 0.29) is 12.0 Å². The Balaban J connectivity index is 1.91. The number of fused-ring (bicyclic) bond motifs is 1. The number of hydrogen-bond donors (Lipinski definition) is 2. The van der Waals surface area contributed by atoms with Gasteiger partial charge in [-0.15, -0.1) is 0 Å². The van der Waals surface area contributed by atoms with E-state index in [2.05, 4.69) is 5.32 Å². The van der Waals surface area contributed by atoms with Gasteiger partial charge in [0.2, 0.25) is 0 Å². The zero-order valence-electron chi connectivity index (χ0n) is 8.55. The maximum atomic E-state index is 9.36. The Kier molecular flexibility index (Phi) is 1.96. The lowest BCUT2D eigenvalue weighted by atomic mass is 10.2. The first-order chi connectivity index (χ1) is 7.83. The second kappa shape index (κ2) is 3.45. The van der Waals surface area contributed by atoms with Crippen molar-refractivity contribution in [2.75, 3.05) is 5.32 Å². The maximum absolute atomic E-state index is 9.36. The summed E-state index contributed by atoms with van der Waals surface area (Å²) in [5.74, 6) is 1.01. The zero-order valence-corrected chi connectivity index (χ0v) is 8.55. The number of phenolic OH excluding ortho intramolecular Hbond substituents is 1. The van der Waals surface area contributed by atoms with E-state index in [1.165, 1.54) is 0 Å². The van der Waals surface area contributed by atoms with Gasteiger partial charge in [0.15, 0.2) is 6.23 Å². The summed E-state index contributed by atoms with van der Waals surface area (Å²) in [6, 6.07) is 15.0. The number of anilines is 1. The number of benzene rings is 2. The number of phenols is 1. The first kappa shape index (κ1) is 9.09. The Hall–Kier alpha value is -2.16. The van der Waals surface area contributed by atoms with E-state index >= 15 is 0 Å². The third kappa shape index (κ3) is 1.46. The van der Waals surface area contributed by atoms with Crippen LogP contribution in [0.1, 0.15) is 11.8 Å². The molecular formula is C13H11NO2. The average molecular weight is 213 g/mol. The summed E-state index contributed by atoms with van der Waals surface area (Å²) in [6.07, 6.45) is -0.169. The Bertz CT molecular complexity index is 511. The molecule has 1 heterocycles. The van der Waals surface area contributed by atoms with Crippen molar-refractivity contribution in [1.29, 1.82) is 0 Å². The minimum atomic E-state index is -0.169. The van der Waals surface area contributed by atoms with Crippen molar-refractivity contribution in [3.8, 4) is 11.5 Å². The van der Waals surface area contributed by atoms with Crippen LogP contribution in [0.5, 0.6) is 11.5 Å². The fourth-order valence-corrected chi connectivity index (χ4v) is 1.81. The van der Waals surface area contributed by atoms with Crippen molar-refractivity contribution in [2.24, 2.45) is 0 Å².